The van der Waals surface area contributed by atoms with Gasteiger partial charge < -0.3 is 4.57 Å². The minimum absolute atomic E-state index is 0.193. The van der Waals surface area contributed by atoms with E-state index in [1.807, 2.05) is 0 Å². The smallest absolute Gasteiger partial charge is 0.0490 e. The van der Waals surface area contributed by atoms with Crippen LogP contribution in [-0.4, -0.2) is 4.57 Å². The fourth-order valence-corrected chi connectivity index (χ4v) is 3.56. The Morgan fingerprint density at radius 1 is 0.852 bits per heavy atom. The predicted octanol–water partition coefficient (Wildman–Crippen LogP) is 6.76. The van der Waals surface area contributed by atoms with Crippen molar-refractivity contribution in [1.29, 1.82) is 0 Å². The zero-order valence-corrected chi connectivity index (χ0v) is 16.6. The van der Waals surface area contributed by atoms with Crippen molar-refractivity contribution >= 4 is 10.9 Å². The number of fused-ring (bicyclic) bond motifs is 1. The van der Waals surface area contributed by atoms with Gasteiger partial charge in [0.05, 0.1) is 0 Å². The van der Waals surface area contributed by atoms with E-state index in [0.29, 0.717) is 0 Å². The molecule has 3 aromatic carbocycles. The zero-order chi connectivity index (χ0) is 19.0. The first kappa shape index (κ1) is 17.6. The number of aromatic nitrogens is 1. The molecule has 0 bridgehead atoms. The molecule has 1 heterocycles. The Kier molecular flexibility index (Phi) is 4.39. The summed E-state index contributed by atoms with van der Waals surface area (Å²) < 4.78 is 2.28. The van der Waals surface area contributed by atoms with Gasteiger partial charge in [0, 0.05) is 29.7 Å². The van der Waals surface area contributed by atoms with Gasteiger partial charge in [-0.2, -0.15) is 0 Å². The SMILES string of the molecule is Cc1cccc(-c2ccc3c([c]cn3Cc3ccc(C(C)(C)C)cc3)c2)c1. The number of rotatable bonds is 3. The second-order valence-electron chi connectivity index (χ2n) is 8.45. The highest BCUT2D eigenvalue weighted by atomic mass is 14.9. The van der Waals surface area contributed by atoms with Gasteiger partial charge in [-0.3, -0.25) is 0 Å². The van der Waals surface area contributed by atoms with Gasteiger partial charge in [-0.15, -0.1) is 0 Å². The van der Waals surface area contributed by atoms with Crippen molar-refractivity contribution in [2.75, 3.05) is 0 Å². The molecule has 1 radical (unpaired) electrons. The summed E-state index contributed by atoms with van der Waals surface area (Å²) in [5.41, 5.74) is 7.90. The van der Waals surface area contributed by atoms with E-state index in [4.69, 9.17) is 0 Å². The predicted molar refractivity (Wildman–Crippen MR) is 115 cm³/mol. The number of benzene rings is 3. The number of hydrogen-bond donors (Lipinski definition) is 0. The van der Waals surface area contributed by atoms with Crippen LogP contribution in [0.4, 0.5) is 0 Å². The van der Waals surface area contributed by atoms with E-state index in [1.165, 1.54) is 38.7 Å². The molecule has 1 aromatic heterocycles. The van der Waals surface area contributed by atoms with E-state index in [-0.39, 0.29) is 5.41 Å². The van der Waals surface area contributed by atoms with Crippen molar-refractivity contribution in [3.05, 3.63) is 95.7 Å². The second-order valence-corrected chi connectivity index (χ2v) is 8.45. The molecule has 0 unspecified atom stereocenters. The fraction of sp³-hybridized carbons (Fsp3) is 0.231. The molecule has 0 saturated heterocycles. The summed E-state index contributed by atoms with van der Waals surface area (Å²) in [5, 5.41) is 1.17. The van der Waals surface area contributed by atoms with Crippen molar-refractivity contribution in [2.45, 2.75) is 39.7 Å². The van der Waals surface area contributed by atoms with Crippen LogP contribution >= 0.6 is 0 Å². The minimum atomic E-state index is 0.193. The topological polar surface area (TPSA) is 4.93 Å². The first-order valence-electron chi connectivity index (χ1n) is 9.57. The van der Waals surface area contributed by atoms with E-state index >= 15 is 0 Å². The van der Waals surface area contributed by atoms with Crippen LogP contribution < -0.4 is 0 Å². The monoisotopic (exact) mass is 352 g/mol. The highest BCUT2D eigenvalue weighted by molar-refractivity contribution is 5.85. The van der Waals surface area contributed by atoms with Gasteiger partial charge in [0.25, 0.3) is 0 Å². The molecule has 27 heavy (non-hydrogen) atoms. The third-order valence-corrected chi connectivity index (χ3v) is 5.21. The second kappa shape index (κ2) is 6.74. The van der Waals surface area contributed by atoms with Crippen LogP contribution in [0.2, 0.25) is 0 Å². The zero-order valence-electron chi connectivity index (χ0n) is 16.6. The number of aryl methyl sites for hydroxylation is 1. The van der Waals surface area contributed by atoms with Gasteiger partial charge in [-0.1, -0.05) is 80.9 Å². The van der Waals surface area contributed by atoms with E-state index in [2.05, 4.69) is 111 Å². The maximum absolute atomic E-state index is 3.43. The summed E-state index contributed by atoms with van der Waals surface area (Å²) in [6, 6.07) is 27.7. The third-order valence-electron chi connectivity index (χ3n) is 5.21. The molecule has 0 aliphatic rings. The normalized spacial score (nSPS) is 11.9. The van der Waals surface area contributed by atoms with Crippen molar-refractivity contribution in [1.82, 2.24) is 4.57 Å². The molecule has 0 atom stereocenters. The Morgan fingerprint density at radius 2 is 1.59 bits per heavy atom. The van der Waals surface area contributed by atoms with Gasteiger partial charge in [-0.25, -0.2) is 0 Å². The molecule has 4 aromatic rings. The van der Waals surface area contributed by atoms with Crippen molar-refractivity contribution in [3.63, 3.8) is 0 Å². The Hall–Kier alpha value is -2.80. The molecule has 0 aliphatic carbocycles. The summed E-state index contributed by atoms with van der Waals surface area (Å²) in [6.45, 7) is 9.76. The van der Waals surface area contributed by atoms with Crippen LogP contribution in [0.25, 0.3) is 22.0 Å². The lowest BCUT2D eigenvalue weighted by atomic mass is 9.87. The number of nitrogens with zero attached hydrogens (tertiary/aromatic N) is 1. The van der Waals surface area contributed by atoms with Gasteiger partial charge in [0.1, 0.15) is 0 Å². The molecule has 0 saturated carbocycles. The van der Waals surface area contributed by atoms with Crippen LogP contribution in [0.3, 0.4) is 0 Å². The van der Waals surface area contributed by atoms with Gasteiger partial charge >= 0.3 is 0 Å². The fourth-order valence-electron chi connectivity index (χ4n) is 3.56. The molecule has 1 heteroatoms. The van der Waals surface area contributed by atoms with Crippen LogP contribution in [-0.2, 0) is 12.0 Å². The lowest BCUT2D eigenvalue weighted by Crippen LogP contribution is -2.10. The molecule has 0 amide bonds. The van der Waals surface area contributed by atoms with E-state index in [9.17, 15) is 0 Å². The van der Waals surface area contributed by atoms with Crippen LogP contribution in [0, 0.1) is 13.0 Å². The van der Waals surface area contributed by atoms with Crippen LogP contribution in [0.1, 0.15) is 37.5 Å². The molecule has 135 valence electrons. The molecule has 0 N–H and O–H groups in total. The van der Waals surface area contributed by atoms with Crippen molar-refractivity contribution in [3.8, 4) is 11.1 Å². The quantitative estimate of drug-likeness (QED) is 0.384. The van der Waals surface area contributed by atoms with Gasteiger partial charge in [-0.05, 0) is 46.7 Å². The largest absolute Gasteiger partial charge is 0.342 e. The lowest BCUT2D eigenvalue weighted by Gasteiger charge is -2.19. The van der Waals surface area contributed by atoms with Gasteiger partial charge in [0.2, 0.25) is 0 Å². The minimum Gasteiger partial charge on any atom is -0.342 e. The Morgan fingerprint density at radius 3 is 2.30 bits per heavy atom. The maximum Gasteiger partial charge on any atom is 0.0490 e. The maximum atomic E-state index is 3.43. The average Bonchev–Trinajstić information content (AvgIpc) is 3.03. The third kappa shape index (κ3) is 3.68. The molecule has 1 nitrogen and oxygen atoms in total. The van der Waals surface area contributed by atoms with Crippen LogP contribution in [0.15, 0.2) is 72.9 Å². The molecule has 0 aliphatic heterocycles. The summed E-state index contributed by atoms with van der Waals surface area (Å²) in [4.78, 5) is 0. The molecular weight excluding hydrogens is 326 g/mol. The van der Waals surface area contributed by atoms with Crippen LogP contribution in [0.5, 0.6) is 0 Å². The van der Waals surface area contributed by atoms with Gasteiger partial charge in [0.15, 0.2) is 0 Å². The number of hydrogen-bond acceptors (Lipinski definition) is 0. The first-order valence-corrected chi connectivity index (χ1v) is 9.57. The van der Waals surface area contributed by atoms with E-state index < -0.39 is 0 Å². The first-order chi connectivity index (χ1) is 12.9. The molecule has 0 spiro atoms. The molecule has 0 fully saturated rings. The highest BCUT2D eigenvalue weighted by Crippen LogP contribution is 2.27. The highest BCUT2D eigenvalue weighted by Gasteiger charge is 2.13. The Balaban J connectivity index is 1.62. The summed E-state index contributed by atoms with van der Waals surface area (Å²) in [5.74, 6) is 0. The molecular formula is C26H26N. The molecule has 4 rings (SSSR count). The van der Waals surface area contributed by atoms with Crippen molar-refractivity contribution < 1.29 is 0 Å². The van der Waals surface area contributed by atoms with E-state index in [1.54, 1.807) is 0 Å². The Labute approximate surface area is 162 Å². The standard InChI is InChI=1S/C26H26N/c1-19-6-5-7-21(16-19)22-10-13-25-23(17-22)14-15-27(25)18-20-8-11-24(12-9-20)26(2,3)4/h5-13,15-17H,18H2,1-4H3. The van der Waals surface area contributed by atoms with Crippen molar-refractivity contribution in [2.24, 2.45) is 0 Å². The average molecular weight is 353 g/mol. The Bertz CT molecular complexity index is 1080. The summed E-state index contributed by atoms with van der Waals surface area (Å²) in [7, 11) is 0. The summed E-state index contributed by atoms with van der Waals surface area (Å²) >= 11 is 0. The lowest BCUT2D eigenvalue weighted by molar-refractivity contribution is 0.590. The van der Waals surface area contributed by atoms with E-state index in [0.717, 1.165) is 6.54 Å². The summed E-state index contributed by atoms with van der Waals surface area (Å²) in [6.07, 6.45) is 2.07.